The molecule has 0 spiro atoms. The summed E-state index contributed by atoms with van der Waals surface area (Å²) in [5.74, 6) is 0.601. The van der Waals surface area contributed by atoms with Crippen LogP contribution in [0.4, 0.5) is 0 Å². The maximum Gasteiger partial charge on any atom is 0.163 e. The molecule has 0 aliphatic rings. The molecule has 0 saturated carbocycles. The van der Waals surface area contributed by atoms with Crippen molar-refractivity contribution < 1.29 is 9.84 Å². The molecule has 0 bridgehead atoms. The van der Waals surface area contributed by atoms with E-state index in [0.29, 0.717) is 11.4 Å². The van der Waals surface area contributed by atoms with Crippen molar-refractivity contribution in [3.05, 3.63) is 28.0 Å². The zero-order valence-corrected chi connectivity index (χ0v) is 11.7. The van der Waals surface area contributed by atoms with E-state index in [-0.39, 0.29) is 6.04 Å². The van der Waals surface area contributed by atoms with Crippen LogP contribution in [0.15, 0.2) is 11.7 Å². The monoisotopic (exact) mass is 267 g/mol. The molecular formula is C12H17N3O2S. The average Bonchev–Trinajstić information content (AvgIpc) is 2.93. The van der Waals surface area contributed by atoms with Gasteiger partial charge in [-0.3, -0.25) is 4.68 Å². The zero-order valence-electron chi connectivity index (χ0n) is 10.9. The summed E-state index contributed by atoms with van der Waals surface area (Å²) in [6.45, 7) is 5.92. The van der Waals surface area contributed by atoms with Gasteiger partial charge in [0.05, 0.1) is 29.4 Å². The summed E-state index contributed by atoms with van der Waals surface area (Å²) >= 11 is 1.44. The van der Waals surface area contributed by atoms with Crippen LogP contribution in [-0.2, 0) is 0 Å². The molecule has 0 saturated heterocycles. The van der Waals surface area contributed by atoms with Crippen molar-refractivity contribution in [3.63, 3.8) is 0 Å². The molecule has 1 unspecified atom stereocenters. The molecule has 2 rings (SSSR count). The third-order valence-electron chi connectivity index (χ3n) is 2.80. The molecule has 5 nitrogen and oxygen atoms in total. The minimum absolute atomic E-state index is 0.159. The summed E-state index contributed by atoms with van der Waals surface area (Å²) in [5.41, 5.74) is 3.25. The number of ether oxygens (including phenoxy) is 1. The molecule has 2 aromatic rings. The first-order chi connectivity index (χ1) is 8.56. The molecule has 0 aliphatic heterocycles. The number of nitrogens with zero attached hydrogens (tertiary/aromatic N) is 3. The Morgan fingerprint density at radius 2 is 2.17 bits per heavy atom. The highest BCUT2D eigenvalue weighted by Crippen LogP contribution is 2.34. The molecular weight excluding hydrogens is 250 g/mol. The van der Waals surface area contributed by atoms with Crippen LogP contribution in [-0.4, -0.2) is 27.0 Å². The number of thiazole rings is 1. The van der Waals surface area contributed by atoms with E-state index in [1.54, 1.807) is 23.5 Å². The third-order valence-corrected chi connectivity index (χ3v) is 3.78. The van der Waals surface area contributed by atoms with E-state index in [4.69, 9.17) is 4.74 Å². The van der Waals surface area contributed by atoms with Crippen LogP contribution in [0.5, 0.6) is 5.75 Å². The van der Waals surface area contributed by atoms with Gasteiger partial charge in [0.25, 0.3) is 0 Å². The molecule has 0 fully saturated rings. The molecule has 0 aromatic carbocycles. The fourth-order valence-electron chi connectivity index (χ4n) is 1.88. The number of rotatable bonds is 4. The molecule has 1 atom stereocenters. The lowest BCUT2D eigenvalue weighted by Crippen LogP contribution is -2.13. The largest absolute Gasteiger partial charge is 0.493 e. The van der Waals surface area contributed by atoms with Crippen molar-refractivity contribution in [2.24, 2.45) is 0 Å². The topological polar surface area (TPSA) is 60.2 Å². The summed E-state index contributed by atoms with van der Waals surface area (Å²) in [5, 5.41) is 14.8. The summed E-state index contributed by atoms with van der Waals surface area (Å²) in [6.07, 6.45) is 0.881. The third kappa shape index (κ3) is 2.13. The number of hydrogen-bond donors (Lipinski definition) is 1. The van der Waals surface area contributed by atoms with Gasteiger partial charge in [-0.25, -0.2) is 4.98 Å². The average molecular weight is 267 g/mol. The number of aryl methyl sites for hydroxylation is 1. The highest BCUT2D eigenvalue weighted by atomic mass is 32.1. The summed E-state index contributed by atoms with van der Waals surface area (Å²) in [4.78, 5) is 4.99. The van der Waals surface area contributed by atoms with Gasteiger partial charge in [-0.15, -0.1) is 11.3 Å². The van der Waals surface area contributed by atoms with Crippen molar-refractivity contribution in [1.29, 1.82) is 0 Å². The summed E-state index contributed by atoms with van der Waals surface area (Å²) in [7, 11) is 1.58. The Kier molecular flexibility index (Phi) is 3.68. The van der Waals surface area contributed by atoms with Gasteiger partial charge in [-0.05, 0) is 20.8 Å². The van der Waals surface area contributed by atoms with Crippen molar-refractivity contribution >= 4 is 11.3 Å². The van der Waals surface area contributed by atoms with Gasteiger partial charge in [0, 0.05) is 6.04 Å². The lowest BCUT2D eigenvalue weighted by molar-refractivity contribution is 0.202. The minimum atomic E-state index is -0.752. The predicted molar refractivity (Wildman–Crippen MR) is 70.1 cm³/mol. The first-order valence-electron chi connectivity index (χ1n) is 5.75. The number of aliphatic hydroxyl groups excluding tert-OH is 1. The Morgan fingerprint density at radius 3 is 2.67 bits per heavy atom. The molecule has 1 N–H and O–H groups in total. The molecule has 18 heavy (non-hydrogen) atoms. The first kappa shape index (κ1) is 13.0. The van der Waals surface area contributed by atoms with E-state index in [2.05, 4.69) is 10.1 Å². The number of aromatic nitrogens is 3. The lowest BCUT2D eigenvalue weighted by Gasteiger charge is -2.16. The van der Waals surface area contributed by atoms with Crippen LogP contribution in [0.3, 0.4) is 0 Å². The van der Waals surface area contributed by atoms with Gasteiger partial charge < -0.3 is 9.84 Å². The maximum atomic E-state index is 10.5. The molecule has 2 aromatic heterocycles. The highest BCUT2D eigenvalue weighted by Gasteiger charge is 2.25. The molecule has 0 amide bonds. The van der Waals surface area contributed by atoms with Crippen molar-refractivity contribution in [2.45, 2.75) is 32.9 Å². The van der Waals surface area contributed by atoms with E-state index in [0.717, 1.165) is 10.6 Å². The second kappa shape index (κ2) is 5.07. The SMILES string of the molecule is COc1cnn(C(C)C)c1C(O)c1scnc1C. The number of hydrogen-bond acceptors (Lipinski definition) is 5. The second-order valence-corrected chi connectivity index (χ2v) is 5.23. The predicted octanol–water partition coefficient (Wildman–Crippen LogP) is 2.32. The van der Waals surface area contributed by atoms with Crippen LogP contribution in [0.2, 0.25) is 0 Å². The molecule has 0 aliphatic carbocycles. The second-order valence-electron chi connectivity index (χ2n) is 4.34. The Morgan fingerprint density at radius 1 is 1.44 bits per heavy atom. The van der Waals surface area contributed by atoms with Gasteiger partial charge in [0.15, 0.2) is 5.75 Å². The standard InChI is InChI=1S/C12H17N3O2S/c1-7(2)15-10(9(17-4)5-14-15)11(16)12-8(3)13-6-18-12/h5-7,11,16H,1-4H3. The lowest BCUT2D eigenvalue weighted by atomic mass is 10.1. The Bertz CT molecular complexity index is 533. The van der Waals surface area contributed by atoms with Crippen LogP contribution in [0, 0.1) is 6.92 Å². The summed E-state index contributed by atoms with van der Waals surface area (Å²) in [6, 6.07) is 0.159. The minimum Gasteiger partial charge on any atom is -0.493 e. The zero-order chi connectivity index (χ0) is 13.3. The fourth-order valence-corrected chi connectivity index (χ4v) is 2.67. The normalized spacial score (nSPS) is 13.0. The first-order valence-corrected chi connectivity index (χ1v) is 6.63. The van der Waals surface area contributed by atoms with E-state index in [1.165, 1.54) is 11.3 Å². The van der Waals surface area contributed by atoms with Gasteiger partial charge in [0.1, 0.15) is 11.8 Å². The Hall–Kier alpha value is -1.40. The molecule has 6 heteroatoms. The maximum absolute atomic E-state index is 10.5. The van der Waals surface area contributed by atoms with Gasteiger partial charge in [-0.2, -0.15) is 5.10 Å². The molecule has 98 valence electrons. The molecule has 2 heterocycles. The van der Waals surface area contributed by atoms with Gasteiger partial charge in [0.2, 0.25) is 0 Å². The number of methoxy groups -OCH3 is 1. The van der Waals surface area contributed by atoms with Crippen molar-refractivity contribution in [1.82, 2.24) is 14.8 Å². The Labute approximate surface area is 110 Å². The summed E-state index contributed by atoms with van der Waals surface area (Å²) < 4.78 is 7.06. The van der Waals surface area contributed by atoms with E-state index >= 15 is 0 Å². The van der Waals surface area contributed by atoms with E-state index in [9.17, 15) is 5.11 Å². The van der Waals surface area contributed by atoms with Crippen LogP contribution >= 0.6 is 11.3 Å². The fraction of sp³-hybridized carbons (Fsp3) is 0.500. The van der Waals surface area contributed by atoms with Crippen molar-refractivity contribution in [2.75, 3.05) is 7.11 Å². The van der Waals surface area contributed by atoms with Gasteiger partial charge in [-0.1, -0.05) is 0 Å². The van der Waals surface area contributed by atoms with Crippen LogP contribution in [0.1, 0.15) is 42.3 Å². The van der Waals surface area contributed by atoms with E-state index in [1.807, 2.05) is 20.8 Å². The highest BCUT2D eigenvalue weighted by molar-refractivity contribution is 7.09. The smallest absolute Gasteiger partial charge is 0.163 e. The Balaban J connectivity index is 2.49. The number of aliphatic hydroxyl groups is 1. The van der Waals surface area contributed by atoms with Crippen molar-refractivity contribution in [3.8, 4) is 5.75 Å². The van der Waals surface area contributed by atoms with Crippen LogP contribution < -0.4 is 4.74 Å². The van der Waals surface area contributed by atoms with Gasteiger partial charge >= 0.3 is 0 Å². The van der Waals surface area contributed by atoms with Crippen LogP contribution in [0.25, 0.3) is 0 Å². The quantitative estimate of drug-likeness (QED) is 0.923. The van der Waals surface area contributed by atoms with E-state index < -0.39 is 6.10 Å². The molecule has 0 radical (unpaired) electrons.